The number of ether oxygens (including phenoxy) is 2. The van der Waals surface area contributed by atoms with Crippen molar-refractivity contribution >= 4 is 11.5 Å². The van der Waals surface area contributed by atoms with Gasteiger partial charge in [-0.2, -0.15) is 0 Å². The minimum atomic E-state index is -0.445. The van der Waals surface area contributed by atoms with E-state index < -0.39 is 4.92 Å². The highest BCUT2D eigenvalue weighted by Crippen LogP contribution is 2.30. The predicted octanol–water partition coefficient (Wildman–Crippen LogP) is 2.42. The van der Waals surface area contributed by atoms with Crippen LogP contribution in [0.25, 0.3) is 0 Å². The molecule has 7 nitrogen and oxygen atoms in total. The summed E-state index contributed by atoms with van der Waals surface area (Å²) in [5.74, 6) is 1.78. The fraction of sp³-hybridized carbons (Fsp3) is 0.267. The van der Waals surface area contributed by atoms with E-state index in [0.29, 0.717) is 26.2 Å². The fourth-order valence-electron chi connectivity index (χ4n) is 2.25. The molecule has 0 atom stereocenters. The molecule has 114 valence electrons. The van der Waals surface area contributed by atoms with Gasteiger partial charge < -0.3 is 14.8 Å². The lowest BCUT2D eigenvalue weighted by Crippen LogP contribution is -2.15. The fourth-order valence-corrected chi connectivity index (χ4v) is 2.25. The second-order valence-electron chi connectivity index (χ2n) is 4.78. The number of anilines is 1. The Morgan fingerprint density at radius 2 is 2.05 bits per heavy atom. The zero-order valence-corrected chi connectivity index (χ0v) is 11.8. The number of hydrogen-bond acceptors (Lipinski definition) is 6. The van der Waals surface area contributed by atoms with E-state index in [9.17, 15) is 10.1 Å². The van der Waals surface area contributed by atoms with Crippen LogP contribution in [0.3, 0.4) is 0 Å². The average Bonchev–Trinajstić information content (AvgIpc) is 2.55. The van der Waals surface area contributed by atoms with E-state index in [1.807, 2.05) is 18.2 Å². The highest BCUT2D eigenvalue weighted by atomic mass is 16.6. The molecule has 0 bridgehead atoms. The highest BCUT2D eigenvalue weighted by Gasteiger charge is 2.14. The Kier molecular flexibility index (Phi) is 4.04. The Morgan fingerprint density at radius 3 is 2.86 bits per heavy atom. The van der Waals surface area contributed by atoms with Crippen molar-refractivity contribution in [2.75, 3.05) is 25.1 Å². The summed E-state index contributed by atoms with van der Waals surface area (Å²) >= 11 is 0. The molecule has 0 aliphatic carbocycles. The van der Waals surface area contributed by atoms with Crippen LogP contribution in [0.4, 0.5) is 11.5 Å². The third-order valence-electron chi connectivity index (χ3n) is 3.30. The van der Waals surface area contributed by atoms with Gasteiger partial charge in [-0.15, -0.1) is 0 Å². The van der Waals surface area contributed by atoms with Gasteiger partial charge >= 0.3 is 5.69 Å². The van der Waals surface area contributed by atoms with E-state index in [0.717, 1.165) is 17.1 Å². The first-order valence-electron chi connectivity index (χ1n) is 6.96. The summed E-state index contributed by atoms with van der Waals surface area (Å²) in [6.45, 7) is 1.66. The Bertz CT molecular complexity index is 690. The number of benzene rings is 1. The van der Waals surface area contributed by atoms with Gasteiger partial charge in [-0.05, 0) is 30.2 Å². The molecule has 0 saturated heterocycles. The molecule has 0 radical (unpaired) electrons. The third-order valence-corrected chi connectivity index (χ3v) is 3.30. The molecule has 3 rings (SSSR count). The molecule has 2 aromatic rings. The van der Waals surface area contributed by atoms with Crippen molar-refractivity contribution in [2.24, 2.45) is 0 Å². The van der Waals surface area contributed by atoms with Crippen molar-refractivity contribution in [3.8, 4) is 11.5 Å². The van der Waals surface area contributed by atoms with Gasteiger partial charge in [0.15, 0.2) is 11.5 Å². The topological polar surface area (TPSA) is 86.5 Å². The van der Waals surface area contributed by atoms with Crippen LogP contribution < -0.4 is 14.8 Å². The molecule has 1 aromatic carbocycles. The second kappa shape index (κ2) is 6.30. The molecule has 1 aliphatic heterocycles. The number of nitrogens with zero attached hydrogens (tertiary/aromatic N) is 2. The van der Waals surface area contributed by atoms with Gasteiger partial charge in [-0.3, -0.25) is 10.1 Å². The van der Waals surface area contributed by atoms with Crippen molar-refractivity contribution in [1.82, 2.24) is 4.98 Å². The third kappa shape index (κ3) is 3.08. The lowest BCUT2D eigenvalue weighted by molar-refractivity contribution is -0.384. The zero-order chi connectivity index (χ0) is 15.4. The molecule has 1 aliphatic rings. The maximum absolute atomic E-state index is 10.9. The van der Waals surface area contributed by atoms with Crippen LogP contribution in [-0.2, 0) is 6.42 Å². The van der Waals surface area contributed by atoms with Crippen LogP contribution in [0.2, 0.25) is 0 Å². The predicted molar refractivity (Wildman–Crippen MR) is 80.5 cm³/mol. The quantitative estimate of drug-likeness (QED) is 0.674. The molecule has 0 fully saturated rings. The Labute approximate surface area is 127 Å². The molecule has 0 spiro atoms. The minimum absolute atomic E-state index is 0.0234. The highest BCUT2D eigenvalue weighted by molar-refractivity contribution is 5.55. The first-order valence-corrected chi connectivity index (χ1v) is 6.96. The van der Waals surface area contributed by atoms with Crippen molar-refractivity contribution in [2.45, 2.75) is 6.42 Å². The second-order valence-corrected chi connectivity index (χ2v) is 4.78. The van der Waals surface area contributed by atoms with Crippen LogP contribution >= 0.6 is 0 Å². The van der Waals surface area contributed by atoms with E-state index in [4.69, 9.17) is 9.47 Å². The standard InChI is InChI=1S/C15H15N3O4/c19-18(20)12-2-1-6-16-15(12)17-7-5-11-3-4-13-14(10-11)22-9-8-21-13/h1-4,6,10H,5,7-9H2,(H,16,17). The molecule has 22 heavy (non-hydrogen) atoms. The maximum atomic E-state index is 10.9. The van der Waals surface area contributed by atoms with Crippen LogP contribution in [0.15, 0.2) is 36.5 Å². The van der Waals surface area contributed by atoms with Crippen molar-refractivity contribution in [1.29, 1.82) is 0 Å². The van der Waals surface area contributed by atoms with Crippen LogP contribution in [0, 0.1) is 10.1 Å². The van der Waals surface area contributed by atoms with Gasteiger partial charge in [0.25, 0.3) is 0 Å². The molecule has 1 aromatic heterocycles. The summed E-state index contributed by atoms with van der Waals surface area (Å²) in [5.41, 5.74) is 1.04. The average molecular weight is 301 g/mol. The van der Waals surface area contributed by atoms with E-state index in [1.165, 1.54) is 12.3 Å². The van der Waals surface area contributed by atoms with Gasteiger partial charge in [0.1, 0.15) is 13.2 Å². The lowest BCUT2D eigenvalue weighted by atomic mass is 10.1. The summed E-state index contributed by atoms with van der Waals surface area (Å²) < 4.78 is 11.0. The number of fused-ring (bicyclic) bond motifs is 1. The Morgan fingerprint density at radius 1 is 1.23 bits per heavy atom. The van der Waals surface area contributed by atoms with Crippen molar-refractivity contribution in [3.05, 3.63) is 52.2 Å². The van der Waals surface area contributed by atoms with E-state index >= 15 is 0 Å². The number of pyridine rings is 1. The van der Waals surface area contributed by atoms with Gasteiger partial charge in [-0.1, -0.05) is 6.07 Å². The summed E-state index contributed by atoms with van der Waals surface area (Å²) in [5, 5.41) is 13.9. The molecular weight excluding hydrogens is 286 g/mol. The Hall–Kier alpha value is -2.83. The first kappa shape index (κ1) is 14.1. The SMILES string of the molecule is O=[N+]([O-])c1cccnc1NCCc1ccc2c(c1)OCCO2. The maximum Gasteiger partial charge on any atom is 0.311 e. The monoisotopic (exact) mass is 301 g/mol. The summed E-state index contributed by atoms with van der Waals surface area (Å²) in [6, 6.07) is 8.75. The number of aromatic nitrogens is 1. The molecule has 0 saturated carbocycles. The molecule has 1 N–H and O–H groups in total. The molecule has 7 heteroatoms. The van der Waals surface area contributed by atoms with Crippen LogP contribution in [0.5, 0.6) is 11.5 Å². The number of hydrogen-bond donors (Lipinski definition) is 1. The minimum Gasteiger partial charge on any atom is -0.486 e. The van der Waals surface area contributed by atoms with Crippen molar-refractivity contribution < 1.29 is 14.4 Å². The number of nitrogens with one attached hydrogen (secondary N) is 1. The smallest absolute Gasteiger partial charge is 0.311 e. The van der Waals surface area contributed by atoms with Crippen molar-refractivity contribution in [3.63, 3.8) is 0 Å². The molecule has 2 heterocycles. The summed E-state index contributed by atoms with van der Waals surface area (Å²) in [4.78, 5) is 14.5. The number of nitro groups is 1. The lowest BCUT2D eigenvalue weighted by Gasteiger charge is -2.18. The summed E-state index contributed by atoms with van der Waals surface area (Å²) in [7, 11) is 0. The largest absolute Gasteiger partial charge is 0.486 e. The molecule has 0 unspecified atom stereocenters. The first-order chi connectivity index (χ1) is 10.7. The van der Waals surface area contributed by atoms with Crippen LogP contribution in [-0.4, -0.2) is 29.7 Å². The normalized spacial score (nSPS) is 12.7. The van der Waals surface area contributed by atoms with E-state index in [-0.39, 0.29) is 11.5 Å². The van der Waals surface area contributed by atoms with Gasteiger partial charge in [0, 0.05) is 18.8 Å². The van der Waals surface area contributed by atoms with Gasteiger partial charge in [-0.25, -0.2) is 4.98 Å². The van der Waals surface area contributed by atoms with Gasteiger partial charge in [0.05, 0.1) is 4.92 Å². The number of rotatable bonds is 5. The van der Waals surface area contributed by atoms with E-state index in [2.05, 4.69) is 10.3 Å². The summed E-state index contributed by atoms with van der Waals surface area (Å²) in [6.07, 6.45) is 2.23. The van der Waals surface area contributed by atoms with E-state index in [1.54, 1.807) is 6.07 Å². The van der Waals surface area contributed by atoms with Gasteiger partial charge in [0.2, 0.25) is 5.82 Å². The zero-order valence-electron chi connectivity index (χ0n) is 11.8. The molecule has 0 amide bonds. The Balaban J connectivity index is 1.63. The van der Waals surface area contributed by atoms with Crippen LogP contribution in [0.1, 0.15) is 5.56 Å². The molecular formula is C15H15N3O4.